The highest BCUT2D eigenvalue weighted by molar-refractivity contribution is 5.15. The van der Waals surface area contributed by atoms with Gasteiger partial charge in [-0.15, -0.1) is 0 Å². The van der Waals surface area contributed by atoms with Crippen molar-refractivity contribution in [1.82, 2.24) is 0 Å². The topological polar surface area (TPSA) is 0 Å². The summed E-state index contributed by atoms with van der Waals surface area (Å²) < 4.78 is 0. The molecular weight excluding hydrogens is 96.1 g/mol. The Kier molecular flexibility index (Phi) is 1.11. The van der Waals surface area contributed by atoms with Crippen molar-refractivity contribution in [3.63, 3.8) is 0 Å². The van der Waals surface area contributed by atoms with Crippen molar-refractivity contribution in [1.29, 1.82) is 0 Å². The highest BCUT2D eigenvalue weighted by Gasteiger charge is 1.82. The van der Waals surface area contributed by atoms with E-state index in [9.17, 15) is 0 Å². The van der Waals surface area contributed by atoms with Crippen molar-refractivity contribution in [3.8, 4) is 0 Å². The third-order valence-corrected chi connectivity index (χ3v) is 1.06. The van der Waals surface area contributed by atoms with E-state index in [0.717, 1.165) is 10.4 Å². The molecule has 0 spiro atoms. The quantitative estimate of drug-likeness (QED) is 0.416. The van der Waals surface area contributed by atoms with E-state index < -0.39 is 0 Å². The molecular formula is C8H7+. The average Bonchev–Trinajstić information content (AvgIpc) is 1.77. The Bertz CT molecular complexity index is 231. The molecule has 0 nitrogen and oxygen atoms in total. The summed E-state index contributed by atoms with van der Waals surface area (Å²) in [6, 6.07) is 7.53. The van der Waals surface area contributed by atoms with Crippen LogP contribution in [0.4, 0.5) is 0 Å². The van der Waals surface area contributed by atoms with Crippen molar-refractivity contribution in [2.45, 2.75) is 0 Å². The van der Waals surface area contributed by atoms with Crippen LogP contribution in [0.2, 0.25) is 0 Å². The Morgan fingerprint density at radius 3 is 2.25 bits per heavy atom. The molecule has 0 N–H and O–H groups in total. The molecule has 0 unspecified atom stereocenters. The molecule has 0 radical (unpaired) electrons. The number of hydrogen-bond donors (Lipinski definition) is 0. The van der Waals surface area contributed by atoms with Crippen LogP contribution >= 0.6 is 0 Å². The first-order valence-electron chi connectivity index (χ1n) is 2.47. The lowest BCUT2D eigenvalue weighted by Gasteiger charge is -1.69. The van der Waals surface area contributed by atoms with Gasteiger partial charge >= 0.3 is 0 Å². The van der Waals surface area contributed by atoms with Gasteiger partial charge in [0.15, 0.2) is 5.22 Å². The van der Waals surface area contributed by atoms with Crippen LogP contribution in [0.15, 0.2) is 24.3 Å². The summed E-state index contributed by atoms with van der Waals surface area (Å²) in [5.41, 5.74) is 0. The molecule has 1 aromatic carbocycles. The largest absolute Gasteiger partial charge is 0.187 e. The van der Waals surface area contributed by atoms with E-state index in [1.54, 1.807) is 0 Å². The van der Waals surface area contributed by atoms with Gasteiger partial charge < -0.3 is 0 Å². The van der Waals surface area contributed by atoms with Crippen molar-refractivity contribution in [2.75, 3.05) is 0 Å². The zero-order valence-electron chi connectivity index (χ0n) is 4.59. The fourth-order valence-electron chi connectivity index (χ4n) is 0.534. The maximum Gasteiger partial charge on any atom is 0.187 e. The minimum absolute atomic E-state index is 0.757. The highest BCUT2D eigenvalue weighted by atomic mass is 13.8. The zero-order valence-corrected chi connectivity index (χ0v) is 4.59. The monoisotopic (exact) mass is 103 g/mol. The van der Waals surface area contributed by atoms with Crippen LogP contribution in [0.5, 0.6) is 0 Å². The maximum absolute atomic E-state index is 5.46. The highest BCUT2D eigenvalue weighted by Crippen LogP contribution is 1.66. The lowest BCUT2D eigenvalue weighted by Crippen LogP contribution is -2.19. The van der Waals surface area contributed by atoms with E-state index in [0.29, 0.717) is 0 Å². The number of benzene rings is 1. The first kappa shape index (κ1) is 5.02. The summed E-state index contributed by atoms with van der Waals surface area (Å²) in [6.45, 7) is 9.15. The summed E-state index contributed by atoms with van der Waals surface area (Å²) >= 11 is 0. The van der Waals surface area contributed by atoms with Crippen LogP contribution in [-0.2, 0) is 0 Å². The van der Waals surface area contributed by atoms with Crippen molar-refractivity contribution in [2.24, 2.45) is 0 Å². The van der Waals surface area contributed by atoms with Gasteiger partial charge in [0.1, 0.15) is 0 Å². The molecule has 8 heavy (non-hydrogen) atoms. The minimum Gasteiger partial charge on any atom is -0.0350 e. The molecule has 0 bridgehead atoms. The van der Waals surface area contributed by atoms with Crippen LogP contribution < -0.4 is 10.4 Å². The lowest BCUT2D eigenvalue weighted by molar-refractivity contribution is 1.55. The normalized spacial score (nSPS) is 8.88. The molecule has 0 saturated heterocycles. The molecule has 0 amide bonds. The van der Waals surface area contributed by atoms with Crippen LogP contribution in [0.1, 0.15) is 0 Å². The molecule has 0 heterocycles. The Morgan fingerprint density at radius 1 is 1.25 bits per heavy atom. The van der Waals surface area contributed by atoms with Gasteiger partial charge in [0.25, 0.3) is 0 Å². The van der Waals surface area contributed by atoms with Crippen molar-refractivity contribution < 1.29 is 0 Å². The zero-order chi connectivity index (χ0) is 5.98. The third kappa shape index (κ3) is 0.749. The molecule has 0 aromatic heterocycles. The predicted octanol–water partition coefficient (Wildman–Crippen LogP) is 0.384. The summed E-state index contributed by atoms with van der Waals surface area (Å²) in [6.07, 6.45) is 0. The van der Waals surface area contributed by atoms with Gasteiger partial charge in [0.05, 0.1) is 11.3 Å². The Balaban J connectivity index is 3.59. The average molecular weight is 103 g/mol. The first-order valence-corrected chi connectivity index (χ1v) is 2.47. The summed E-state index contributed by atoms with van der Waals surface area (Å²) in [5.74, 6) is 0. The Hall–Kier alpha value is -1.13. The second-order valence-corrected chi connectivity index (χ2v) is 1.70. The molecule has 1 rings (SSSR count). The van der Waals surface area contributed by atoms with Gasteiger partial charge in [0.2, 0.25) is 0 Å². The van der Waals surface area contributed by atoms with Crippen molar-refractivity contribution in [3.05, 3.63) is 34.7 Å². The molecule has 0 saturated carbocycles. The van der Waals surface area contributed by atoms with Gasteiger partial charge in [0, 0.05) is 12.6 Å². The second kappa shape index (κ2) is 1.77. The van der Waals surface area contributed by atoms with Gasteiger partial charge in [-0.05, 0) is 18.7 Å². The molecule has 0 fully saturated rings. The second-order valence-electron chi connectivity index (χ2n) is 1.70. The summed E-state index contributed by atoms with van der Waals surface area (Å²) in [7, 11) is 0. The SMILES string of the molecule is [CH+]=c1ccccc1=C. The lowest BCUT2D eigenvalue weighted by atomic mass is 10.3. The van der Waals surface area contributed by atoms with E-state index in [1.165, 1.54) is 0 Å². The van der Waals surface area contributed by atoms with Crippen LogP contribution in [0.25, 0.3) is 13.2 Å². The van der Waals surface area contributed by atoms with Gasteiger partial charge in [-0.1, -0.05) is 0 Å². The summed E-state index contributed by atoms with van der Waals surface area (Å²) in [5, 5.41) is 1.65. The van der Waals surface area contributed by atoms with Crippen LogP contribution in [0.3, 0.4) is 0 Å². The molecule has 1 aromatic rings. The van der Waals surface area contributed by atoms with Crippen LogP contribution in [0, 0.1) is 0 Å². The van der Waals surface area contributed by atoms with E-state index in [2.05, 4.69) is 6.58 Å². The fourth-order valence-corrected chi connectivity index (χ4v) is 0.534. The van der Waals surface area contributed by atoms with Gasteiger partial charge in [-0.2, -0.15) is 0 Å². The molecule has 0 heteroatoms. The van der Waals surface area contributed by atoms with E-state index in [1.807, 2.05) is 24.3 Å². The molecule has 0 aliphatic carbocycles. The smallest absolute Gasteiger partial charge is 0.0350 e. The molecule has 0 aliphatic heterocycles. The van der Waals surface area contributed by atoms with E-state index in [-0.39, 0.29) is 0 Å². The first-order chi connectivity index (χ1) is 3.80. The maximum atomic E-state index is 5.46. The molecule has 38 valence electrons. The van der Waals surface area contributed by atoms with Crippen molar-refractivity contribution >= 4 is 13.2 Å². The third-order valence-electron chi connectivity index (χ3n) is 1.06. The Morgan fingerprint density at radius 2 is 1.88 bits per heavy atom. The number of hydrogen-bond acceptors (Lipinski definition) is 0. The van der Waals surface area contributed by atoms with E-state index >= 15 is 0 Å². The summed E-state index contributed by atoms with van der Waals surface area (Å²) in [4.78, 5) is 0. The molecule has 0 atom stereocenters. The standard InChI is InChI=1S/C8H7/c1-7-5-3-4-6-8(7)2/h1,3-6H,2H2/q+1. The fraction of sp³-hybridized carbons (Fsp3) is 0. The number of rotatable bonds is 0. The Labute approximate surface area is 48.8 Å². The van der Waals surface area contributed by atoms with Gasteiger partial charge in [-0.25, -0.2) is 0 Å². The van der Waals surface area contributed by atoms with Gasteiger partial charge in [-0.3, -0.25) is 0 Å². The minimum atomic E-state index is 0.757. The van der Waals surface area contributed by atoms with E-state index in [4.69, 9.17) is 6.58 Å². The van der Waals surface area contributed by atoms with Crippen LogP contribution in [-0.4, -0.2) is 0 Å². The molecule has 0 aliphatic rings. The predicted molar refractivity (Wildman–Crippen MR) is 35.7 cm³/mol.